The third-order valence-electron chi connectivity index (χ3n) is 3.41. The van der Waals surface area contributed by atoms with Crippen molar-refractivity contribution in [1.82, 2.24) is 10.2 Å². The lowest BCUT2D eigenvalue weighted by Gasteiger charge is -2.12. The van der Waals surface area contributed by atoms with Crippen LogP contribution in [0, 0.1) is 0 Å². The molecule has 7 nitrogen and oxygen atoms in total. The minimum atomic E-state index is -2.90. The second-order valence-corrected chi connectivity index (χ2v) is 5.53. The molecule has 0 saturated carbocycles. The van der Waals surface area contributed by atoms with Crippen molar-refractivity contribution in [2.75, 3.05) is 10.6 Å². The standard InChI is InChI=1S/C16H12F2N4O3S/c17-15(18)25-9-6-4-8(5-7-9)19-16(26)20-11-3-1-2-10-12(11)14(24)22-21-13(10)23/h1-7,15H,(H,21,23)(H,22,24)(H2,19,20,26). The maximum Gasteiger partial charge on any atom is 0.387 e. The van der Waals surface area contributed by atoms with Crippen LogP contribution >= 0.6 is 12.2 Å². The normalized spacial score (nSPS) is 10.7. The van der Waals surface area contributed by atoms with E-state index in [9.17, 15) is 18.4 Å². The van der Waals surface area contributed by atoms with Crippen LogP contribution < -0.4 is 26.5 Å². The summed E-state index contributed by atoms with van der Waals surface area (Å²) < 4.78 is 28.5. The van der Waals surface area contributed by atoms with E-state index in [4.69, 9.17) is 12.2 Å². The number of H-pyrrole nitrogens is 2. The number of hydrogen-bond donors (Lipinski definition) is 4. The fraction of sp³-hybridized carbons (Fsp3) is 0.0625. The summed E-state index contributed by atoms with van der Waals surface area (Å²) in [6.45, 7) is -2.90. The van der Waals surface area contributed by atoms with Gasteiger partial charge >= 0.3 is 6.61 Å². The number of aromatic amines is 2. The molecular formula is C16H12F2N4O3S. The number of alkyl halides is 2. The number of thiocarbonyl (C=S) groups is 1. The van der Waals surface area contributed by atoms with Crippen LogP contribution in [-0.4, -0.2) is 21.9 Å². The highest BCUT2D eigenvalue weighted by Crippen LogP contribution is 2.19. The zero-order valence-corrected chi connectivity index (χ0v) is 13.8. The maximum atomic E-state index is 12.1. The zero-order valence-electron chi connectivity index (χ0n) is 13.0. The summed E-state index contributed by atoms with van der Waals surface area (Å²) in [4.78, 5) is 23.8. The molecule has 2 aromatic carbocycles. The smallest absolute Gasteiger partial charge is 0.387 e. The van der Waals surface area contributed by atoms with E-state index < -0.39 is 17.7 Å². The third kappa shape index (κ3) is 3.86. The van der Waals surface area contributed by atoms with Gasteiger partial charge in [-0.3, -0.25) is 19.8 Å². The SMILES string of the molecule is O=c1[nH][nH]c(=O)c2c(NC(=S)Nc3ccc(OC(F)F)cc3)cccc12. The lowest BCUT2D eigenvalue weighted by atomic mass is 10.1. The first-order valence-electron chi connectivity index (χ1n) is 7.30. The van der Waals surface area contributed by atoms with E-state index in [2.05, 4.69) is 25.6 Å². The lowest BCUT2D eigenvalue weighted by Crippen LogP contribution is -2.23. The van der Waals surface area contributed by atoms with E-state index in [-0.39, 0.29) is 21.6 Å². The molecule has 3 rings (SSSR count). The van der Waals surface area contributed by atoms with Crippen molar-refractivity contribution in [2.45, 2.75) is 6.61 Å². The average molecular weight is 378 g/mol. The fourth-order valence-corrected chi connectivity index (χ4v) is 2.57. The minimum absolute atomic E-state index is 0.0178. The van der Waals surface area contributed by atoms with Crippen molar-refractivity contribution in [3.8, 4) is 5.75 Å². The van der Waals surface area contributed by atoms with Crippen molar-refractivity contribution < 1.29 is 13.5 Å². The molecule has 26 heavy (non-hydrogen) atoms. The second-order valence-electron chi connectivity index (χ2n) is 5.12. The van der Waals surface area contributed by atoms with Gasteiger partial charge in [-0.25, -0.2) is 0 Å². The van der Waals surface area contributed by atoms with Crippen LogP contribution in [0.2, 0.25) is 0 Å². The van der Waals surface area contributed by atoms with Gasteiger partial charge < -0.3 is 15.4 Å². The Kier molecular flexibility index (Phi) is 4.94. The highest BCUT2D eigenvalue weighted by molar-refractivity contribution is 7.80. The molecule has 0 atom stereocenters. The van der Waals surface area contributed by atoms with Gasteiger partial charge in [0, 0.05) is 5.69 Å². The fourth-order valence-electron chi connectivity index (χ4n) is 2.34. The number of benzene rings is 2. The number of nitrogens with one attached hydrogen (secondary N) is 4. The van der Waals surface area contributed by atoms with Gasteiger partial charge in [0.05, 0.1) is 16.5 Å². The van der Waals surface area contributed by atoms with E-state index in [1.807, 2.05) is 0 Å². The second kappa shape index (κ2) is 7.31. The van der Waals surface area contributed by atoms with Gasteiger partial charge in [0.15, 0.2) is 5.11 Å². The van der Waals surface area contributed by atoms with E-state index in [1.54, 1.807) is 12.1 Å². The van der Waals surface area contributed by atoms with Crippen LogP contribution in [0.3, 0.4) is 0 Å². The third-order valence-corrected chi connectivity index (χ3v) is 3.62. The minimum Gasteiger partial charge on any atom is -0.435 e. The van der Waals surface area contributed by atoms with Crippen molar-refractivity contribution in [3.05, 3.63) is 63.2 Å². The van der Waals surface area contributed by atoms with Gasteiger partial charge in [-0.2, -0.15) is 8.78 Å². The Morgan fingerprint density at radius 2 is 1.69 bits per heavy atom. The van der Waals surface area contributed by atoms with Crippen LogP contribution in [0.4, 0.5) is 20.2 Å². The predicted octanol–water partition coefficient (Wildman–Crippen LogP) is 2.63. The summed E-state index contributed by atoms with van der Waals surface area (Å²) in [6.07, 6.45) is 0. The Hall–Kier alpha value is -3.27. The number of aromatic nitrogens is 2. The van der Waals surface area contributed by atoms with Gasteiger partial charge in [0.25, 0.3) is 11.1 Å². The number of rotatable bonds is 4. The molecule has 3 aromatic rings. The largest absolute Gasteiger partial charge is 0.435 e. The number of ether oxygens (including phenoxy) is 1. The number of hydrogen-bond acceptors (Lipinski definition) is 4. The first-order valence-corrected chi connectivity index (χ1v) is 7.71. The first-order chi connectivity index (χ1) is 12.4. The Morgan fingerprint density at radius 3 is 2.38 bits per heavy atom. The Morgan fingerprint density at radius 1 is 1.00 bits per heavy atom. The van der Waals surface area contributed by atoms with Crippen LogP contribution in [0.1, 0.15) is 0 Å². The monoisotopic (exact) mass is 378 g/mol. The summed E-state index contributed by atoms with van der Waals surface area (Å²) in [7, 11) is 0. The van der Waals surface area contributed by atoms with Crippen molar-refractivity contribution >= 4 is 39.5 Å². The summed E-state index contributed by atoms with van der Waals surface area (Å²) in [5, 5.41) is 10.7. The van der Waals surface area contributed by atoms with E-state index in [0.717, 1.165) is 0 Å². The van der Waals surface area contributed by atoms with Crippen molar-refractivity contribution in [2.24, 2.45) is 0 Å². The van der Waals surface area contributed by atoms with Crippen LogP contribution in [0.25, 0.3) is 10.8 Å². The molecule has 0 fully saturated rings. The maximum absolute atomic E-state index is 12.1. The molecule has 0 spiro atoms. The van der Waals surface area contributed by atoms with Crippen LogP contribution in [0.5, 0.6) is 5.75 Å². The molecule has 1 aromatic heterocycles. The summed E-state index contributed by atoms with van der Waals surface area (Å²) in [5.74, 6) is 0.0178. The van der Waals surface area contributed by atoms with E-state index >= 15 is 0 Å². The Labute approximate surface area is 150 Å². The molecule has 1 heterocycles. The predicted molar refractivity (Wildman–Crippen MR) is 98.1 cm³/mol. The molecule has 0 saturated heterocycles. The zero-order chi connectivity index (χ0) is 18.7. The van der Waals surface area contributed by atoms with Crippen molar-refractivity contribution in [1.29, 1.82) is 0 Å². The van der Waals surface area contributed by atoms with E-state index in [1.165, 1.54) is 30.3 Å². The molecule has 0 aliphatic rings. The molecule has 0 aliphatic carbocycles. The van der Waals surface area contributed by atoms with Gasteiger partial charge in [-0.15, -0.1) is 0 Å². The summed E-state index contributed by atoms with van der Waals surface area (Å²) in [6, 6.07) is 10.5. The van der Waals surface area contributed by atoms with Crippen LogP contribution in [-0.2, 0) is 0 Å². The molecule has 0 bridgehead atoms. The van der Waals surface area contributed by atoms with Gasteiger partial charge in [0.1, 0.15) is 5.75 Å². The lowest BCUT2D eigenvalue weighted by molar-refractivity contribution is -0.0498. The van der Waals surface area contributed by atoms with Crippen molar-refractivity contribution in [3.63, 3.8) is 0 Å². The molecule has 4 N–H and O–H groups in total. The van der Waals surface area contributed by atoms with E-state index in [0.29, 0.717) is 11.4 Å². The molecule has 134 valence electrons. The highest BCUT2D eigenvalue weighted by Gasteiger charge is 2.10. The molecule has 0 aliphatic heterocycles. The summed E-state index contributed by atoms with van der Waals surface area (Å²) >= 11 is 5.19. The topological polar surface area (TPSA) is 99.0 Å². The van der Waals surface area contributed by atoms with Gasteiger partial charge in [0.2, 0.25) is 0 Å². The molecule has 10 heteroatoms. The first kappa shape index (κ1) is 17.5. The molecular weight excluding hydrogens is 366 g/mol. The van der Waals surface area contributed by atoms with Gasteiger partial charge in [-0.1, -0.05) is 6.07 Å². The molecule has 0 unspecified atom stereocenters. The quantitative estimate of drug-likeness (QED) is 0.521. The number of fused-ring (bicyclic) bond motifs is 1. The molecule has 0 radical (unpaired) electrons. The summed E-state index contributed by atoms with van der Waals surface area (Å²) in [5.41, 5.74) is -0.0307. The van der Waals surface area contributed by atoms with Gasteiger partial charge in [-0.05, 0) is 48.6 Å². The Balaban J connectivity index is 1.79. The highest BCUT2D eigenvalue weighted by atomic mass is 32.1. The van der Waals surface area contributed by atoms with Crippen LogP contribution in [0.15, 0.2) is 52.1 Å². The number of halogens is 2. The molecule has 0 amide bonds. The Bertz CT molecular complexity index is 1060. The number of anilines is 2. The average Bonchev–Trinajstić information content (AvgIpc) is 2.59.